The van der Waals surface area contributed by atoms with Gasteiger partial charge in [0.2, 0.25) is 5.88 Å². The zero-order valence-electron chi connectivity index (χ0n) is 26.7. The third-order valence-corrected chi connectivity index (χ3v) is 8.49. The van der Waals surface area contributed by atoms with Gasteiger partial charge in [0.05, 0.1) is 48.2 Å². The van der Waals surface area contributed by atoms with E-state index in [-0.39, 0.29) is 17.8 Å². The third kappa shape index (κ3) is 6.35. The van der Waals surface area contributed by atoms with E-state index in [9.17, 15) is 9.59 Å². The van der Waals surface area contributed by atoms with E-state index < -0.39 is 0 Å². The van der Waals surface area contributed by atoms with Crippen LogP contribution in [0.15, 0.2) is 151 Å². The molecule has 0 aliphatic heterocycles. The minimum Gasteiger partial charge on any atom is -0.418 e. The summed E-state index contributed by atoms with van der Waals surface area (Å²) in [5, 5.41) is 1.07. The number of ether oxygens (including phenoxy) is 1. The molecule has 0 spiro atoms. The zero-order valence-corrected chi connectivity index (χ0v) is 26.7. The van der Waals surface area contributed by atoms with E-state index in [1.54, 1.807) is 71.1 Å². The molecule has 0 unspecified atom stereocenters. The van der Waals surface area contributed by atoms with Crippen LogP contribution in [0.25, 0.3) is 44.1 Å². The number of nitrogens with zero attached hydrogens (tertiary/aromatic N) is 8. The molecule has 6 aromatic heterocycles. The van der Waals surface area contributed by atoms with Gasteiger partial charge in [-0.1, -0.05) is 54.6 Å². The molecular formula is C39H29N8O3+. The van der Waals surface area contributed by atoms with Crippen molar-refractivity contribution in [2.45, 2.75) is 19.8 Å². The monoisotopic (exact) mass is 657 g/mol. The number of pyridine rings is 4. The number of rotatable bonds is 9. The van der Waals surface area contributed by atoms with Gasteiger partial charge in [-0.25, -0.2) is 15.0 Å². The SMILES string of the molecule is O=c1c2ccncc2ncn1Cc1ccc(-c2ccnc(OC[n+]3ccc4c(=O)n(Cc5ccc(-c6cccnc6)cc5)cnc4c3)c2)cc1. The molecule has 0 bridgehead atoms. The van der Waals surface area contributed by atoms with E-state index in [1.807, 2.05) is 83.6 Å². The van der Waals surface area contributed by atoms with Crippen molar-refractivity contribution < 1.29 is 9.30 Å². The van der Waals surface area contributed by atoms with Gasteiger partial charge in [0.25, 0.3) is 17.8 Å². The van der Waals surface area contributed by atoms with Crippen LogP contribution in [0.3, 0.4) is 0 Å². The summed E-state index contributed by atoms with van der Waals surface area (Å²) in [6.45, 7) is 1.00. The molecule has 11 heteroatoms. The van der Waals surface area contributed by atoms with E-state index in [2.05, 4.69) is 24.9 Å². The molecule has 0 aliphatic rings. The molecule has 11 nitrogen and oxygen atoms in total. The second-order valence-corrected chi connectivity index (χ2v) is 11.8. The van der Waals surface area contributed by atoms with E-state index in [4.69, 9.17) is 4.74 Å². The minimum absolute atomic E-state index is 0.103. The maximum absolute atomic E-state index is 13.3. The van der Waals surface area contributed by atoms with Crippen LogP contribution in [0.2, 0.25) is 0 Å². The molecule has 0 saturated heterocycles. The summed E-state index contributed by atoms with van der Waals surface area (Å²) in [5.41, 5.74) is 6.95. The van der Waals surface area contributed by atoms with Gasteiger partial charge in [-0.2, -0.15) is 4.57 Å². The zero-order chi connectivity index (χ0) is 33.9. The van der Waals surface area contributed by atoms with E-state index in [0.29, 0.717) is 40.8 Å². The number of fused-ring (bicyclic) bond motifs is 2. The fourth-order valence-electron chi connectivity index (χ4n) is 5.80. The molecule has 0 saturated carbocycles. The highest BCUT2D eigenvalue weighted by Gasteiger charge is 2.12. The maximum Gasteiger partial charge on any atom is 0.293 e. The second-order valence-electron chi connectivity index (χ2n) is 11.8. The predicted molar refractivity (Wildman–Crippen MR) is 188 cm³/mol. The fourth-order valence-corrected chi connectivity index (χ4v) is 5.80. The molecule has 2 aromatic carbocycles. The number of benzene rings is 2. The Morgan fingerprint density at radius 1 is 0.600 bits per heavy atom. The summed E-state index contributed by atoms with van der Waals surface area (Å²) < 4.78 is 11.0. The Morgan fingerprint density at radius 3 is 1.96 bits per heavy atom. The molecule has 8 rings (SSSR count). The predicted octanol–water partition coefficient (Wildman–Crippen LogP) is 5.05. The van der Waals surface area contributed by atoms with Gasteiger partial charge in [-0.15, -0.1) is 0 Å². The Morgan fingerprint density at radius 2 is 1.26 bits per heavy atom. The van der Waals surface area contributed by atoms with Crippen molar-refractivity contribution >= 4 is 21.8 Å². The van der Waals surface area contributed by atoms with Crippen LogP contribution in [-0.2, 0) is 19.8 Å². The first-order chi connectivity index (χ1) is 24.6. The lowest BCUT2D eigenvalue weighted by Gasteiger charge is -2.09. The Labute approximate surface area is 285 Å². The molecule has 0 amide bonds. The first-order valence-electron chi connectivity index (χ1n) is 15.9. The highest BCUT2D eigenvalue weighted by Crippen LogP contribution is 2.23. The van der Waals surface area contributed by atoms with Gasteiger partial charge in [0.15, 0.2) is 12.4 Å². The molecule has 0 radical (unpaired) electrons. The summed E-state index contributed by atoms with van der Waals surface area (Å²) in [4.78, 5) is 47.7. The molecule has 50 heavy (non-hydrogen) atoms. The average molecular weight is 658 g/mol. The molecule has 0 fully saturated rings. The largest absolute Gasteiger partial charge is 0.418 e. The van der Waals surface area contributed by atoms with Crippen LogP contribution in [-0.4, -0.2) is 34.1 Å². The number of aromatic nitrogens is 8. The van der Waals surface area contributed by atoms with Crippen molar-refractivity contribution in [3.05, 3.63) is 173 Å². The molecular weight excluding hydrogens is 628 g/mol. The van der Waals surface area contributed by atoms with Gasteiger partial charge in [0.1, 0.15) is 5.52 Å². The average Bonchev–Trinajstić information content (AvgIpc) is 3.17. The van der Waals surface area contributed by atoms with Gasteiger partial charge in [-0.05, 0) is 51.6 Å². The first-order valence-corrected chi connectivity index (χ1v) is 15.9. The third-order valence-electron chi connectivity index (χ3n) is 8.49. The summed E-state index contributed by atoms with van der Waals surface area (Å²) in [6.07, 6.45) is 15.2. The summed E-state index contributed by atoms with van der Waals surface area (Å²) in [7, 11) is 0. The molecule has 242 valence electrons. The Balaban J connectivity index is 0.921. The highest BCUT2D eigenvalue weighted by molar-refractivity contribution is 5.76. The lowest BCUT2D eigenvalue weighted by molar-refractivity contribution is -0.723. The van der Waals surface area contributed by atoms with Crippen molar-refractivity contribution in [2.75, 3.05) is 0 Å². The minimum atomic E-state index is -0.113. The highest BCUT2D eigenvalue weighted by atomic mass is 16.5. The maximum atomic E-state index is 13.3. The van der Waals surface area contributed by atoms with Crippen molar-refractivity contribution in [2.24, 2.45) is 0 Å². The number of hydrogen-bond acceptors (Lipinski definition) is 8. The summed E-state index contributed by atoms with van der Waals surface area (Å²) >= 11 is 0. The smallest absolute Gasteiger partial charge is 0.293 e. The summed E-state index contributed by atoms with van der Waals surface area (Å²) in [5.74, 6) is 0.459. The summed E-state index contributed by atoms with van der Waals surface area (Å²) in [6, 6.07) is 27.3. The quantitative estimate of drug-likeness (QED) is 0.198. The van der Waals surface area contributed by atoms with Crippen molar-refractivity contribution in [3.63, 3.8) is 0 Å². The van der Waals surface area contributed by atoms with Crippen LogP contribution in [0.4, 0.5) is 0 Å². The lowest BCUT2D eigenvalue weighted by Crippen LogP contribution is -2.36. The molecule has 0 N–H and O–H groups in total. The van der Waals surface area contributed by atoms with Crippen LogP contribution >= 0.6 is 0 Å². The molecule has 8 aromatic rings. The topological polar surface area (TPSA) is 122 Å². The van der Waals surface area contributed by atoms with Crippen LogP contribution in [0, 0.1) is 0 Å². The van der Waals surface area contributed by atoms with Crippen molar-refractivity contribution in [1.29, 1.82) is 0 Å². The van der Waals surface area contributed by atoms with E-state index in [0.717, 1.165) is 33.4 Å². The van der Waals surface area contributed by atoms with Crippen molar-refractivity contribution in [3.8, 4) is 28.1 Å². The van der Waals surface area contributed by atoms with E-state index in [1.165, 1.54) is 0 Å². The second kappa shape index (κ2) is 13.3. The molecule has 0 atom stereocenters. The van der Waals surface area contributed by atoms with Gasteiger partial charge >= 0.3 is 0 Å². The molecule has 6 heterocycles. The lowest BCUT2D eigenvalue weighted by atomic mass is 10.0. The van der Waals surface area contributed by atoms with E-state index >= 15 is 0 Å². The Kier molecular flexibility index (Phi) is 8.11. The van der Waals surface area contributed by atoms with Gasteiger partial charge in [0, 0.05) is 36.9 Å². The Hall–Kier alpha value is -6.88. The molecule has 0 aliphatic carbocycles. The van der Waals surface area contributed by atoms with Crippen LogP contribution < -0.4 is 20.4 Å². The fraction of sp³-hybridized carbons (Fsp3) is 0.0769. The van der Waals surface area contributed by atoms with Gasteiger partial charge in [-0.3, -0.25) is 28.7 Å². The van der Waals surface area contributed by atoms with Crippen LogP contribution in [0.1, 0.15) is 11.1 Å². The van der Waals surface area contributed by atoms with Gasteiger partial charge < -0.3 is 4.74 Å². The number of hydrogen-bond donors (Lipinski definition) is 0. The standard InChI is InChI=1S/C39H29N8O3/c48-38-33-12-15-41-20-35(33)43-24-46(38)21-27-3-7-29(8-4-27)31-11-16-42-37(18-31)50-26-45-17-13-34-36(23-45)44-25-47(39(34)49)22-28-5-9-30(10-6-28)32-2-1-14-40-19-32/h1-20,23-25H,21-22,26H2/q+1. The normalized spacial score (nSPS) is 11.2. The Bertz CT molecular complexity index is 2590. The first kappa shape index (κ1) is 30.5. The van der Waals surface area contributed by atoms with Crippen molar-refractivity contribution in [1.82, 2.24) is 34.1 Å². The van der Waals surface area contributed by atoms with Crippen LogP contribution in [0.5, 0.6) is 5.88 Å².